The van der Waals surface area contributed by atoms with Crippen LogP contribution in [0.25, 0.3) is 0 Å². The summed E-state index contributed by atoms with van der Waals surface area (Å²) in [6.45, 7) is 2.25. The Bertz CT molecular complexity index is 565. The van der Waals surface area contributed by atoms with E-state index in [2.05, 4.69) is 15.9 Å². The maximum atomic E-state index is 12.5. The molecule has 1 aliphatic rings. The van der Waals surface area contributed by atoms with E-state index in [0.717, 1.165) is 0 Å². The SMILES string of the molecule is CC1COC(CO)CN1C(=O)c1cc(Br)cc([N+](=O)[O-])c1. The smallest absolute Gasteiger partial charge is 0.271 e. The highest BCUT2D eigenvalue weighted by atomic mass is 79.9. The van der Waals surface area contributed by atoms with Crippen LogP contribution in [0.3, 0.4) is 0 Å². The summed E-state index contributed by atoms with van der Waals surface area (Å²) in [5.74, 6) is -0.311. The van der Waals surface area contributed by atoms with E-state index in [1.54, 1.807) is 11.0 Å². The lowest BCUT2D eigenvalue weighted by Gasteiger charge is -2.37. The topological polar surface area (TPSA) is 92.9 Å². The second kappa shape index (κ2) is 6.50. The Morgan fingerprint density at radius 3 is 2.90 bits per heavy atom. The molecule has 0 saturated carbocycles. The minimum Gasteiger partial charge on any atom is -0.394 e. The Kier molecular flexibility index (Phi) is 4.92. The number of rotatable bonds is 3. The predicted octanol–water partition coefficient (Wildman–Crippen LogP) is 1.58. The van der Waals surface area contributed by atoms with Crippen molar-refractivity contribution in [2.75, 3.05) is 19.8 Å². The monoisotopic (exact) mass is 358 g/mol. The van der Waals surface area contributed by atoms with Crippen LogP contribution in [0.1, 0.15) is 17.3 Å². The number of nitro benzene ring substituents is 1. The molecule has 2 atom stereocenters. The molecule has 0 aromatic heterocycles. The van der Waals surface area contributed by atoms with Crippen LogP contribution in [0.2, 0.25) is 0 Å². The van der Waals surface area contributed by atoms with E-state index in [9.17, 15) is 14.9 Å². The number of amides is 1. The van der Waals surface area contributed by atoms with Crippen molar-refractivity contribution in [3.63, 3.8) is 0 Å². The zero-order valence-corrected chi connectivity index (χ0v) is 12.9. The maximum absolute atomic E-state index is 12.5. The van der Waals surface area contributed by atoms with E-state index in [4.69, 9.17) is 9.84 Å². The first-order valence-corrected chi connectivity index (χ1v) is 7.20. The highest BCUT2D eigenvalue weighted by Crippen LogP contribution is 2.24. The lowest BCUT2D eigenvalue weighted by Crippen LogP contribution is -2.52. The Balaban J connectivity index is 2.28. The van der Waals surface area contributed by atoms with Crippen molar-refractivity contribution in [1.29, 1.82) is 0 Å². The van der Waals surface area contributed by atoms with Gasteiger partial charge >= 0.3 is 0 Å². The average molecular weight is 359 g/mol. The molecule has 0 aliphatic carbocycles. The van der Waals surface area contributed by atoms with E-state index in [-0.39, 0.29) is 36.4 Å². The first kappa shape index (κ1) is 15.9. The fourth-order valence-electron chi connectivity index (χ4n) is 2.18. The van der Waals surface area contributed by atoms with Gasteiger partial charge in [0.05, 0.1) is 30.3 Å². The van der Waals surface area contributed by atoms with Crippen LogP contribution in [-0.4, -0.2) is 52.7 Å². The average Bonchev–Trinajstić information content (AvgIpc) is 2.46. The van der Waals surface area contributed by atoms with Gasteiger partial charge < -0.3 is 14.7 Å². The van der Waals surface area contributed by atoms with Gasteiger partial charge in [-0.1, -0.05) is 15.9 Å². The van der Waals surface area contributed by atoms with Crippen molar-refractivity contribution in [3.8, 4) is 0 Å². The third-order valence-electron chi connectivity index (χ3n) is 3.31. The summed E-state index contributed by atoms with van der Waals surface area (Å²) in [4.78, 5) is 24.4. The van der Waals surface area contributed by atoms with Crippen LogP contribution in [-0.2, 0) is 4.74 Å². The molecule has 21 heavy (non-hydrogen) atoms. The third kappa shape index (κ3) is 3.58. The van der Waals surface area contributed by atoms with Crippen LogP contribution >= 0.6 is 15.9 Å². The number of carbonyl (C=O) groups excluding carboxylic acids is 1. The number of hydrogen-bond donors (Lipinski definition) is 1. The number of nitro groups is 1. The zero-order chi connectivity index (χ0) is 15.6. The molecule has 2 unspecified atom stereocenters. The third-order valence-corrected chi connectivity index (χ3v) is 3.77. The lowest BCUT2D eigenvalue weighted by molar-refractivity contribution is -0.385. The molecule has 0 spiro atoms. The van der Waals surface area contributed by atoms with E-state index in [1.165, 1.54) is 12.1 Å². The van der Waals surface area contributed by atoms with E-state index < -0.39 is 11.0 Å². The summed E-state index contributed by atoms with van der Waals surface area (Å²) in [5, 5.41) is 20.0. The van der Waals surface area contributed by atoms with Gasteiger partial charge in [0.1, 0.15) is 0 Å². The molecule has 2 rings (SSSR count). The summed E-state index contributed by atoms with van der Waals surface area (Å²) >= 11 is 3.17. The second-order valence-electron chi connectivity index (χ2n) is 4.90. The van der Waals surface area contributed by atoms with Gasteiger partial charge in [-0.2, -0.15) is 0 Å². The molecule has 1 fully saturated rings. The van der Waals surface area contributed by atoms with Gasteiger partial charge in [-0.3, -0.25) is 14.9 Å². The van der Waals surface area contributed by atoms with Crippen molar-refractivity contribution in [3.05, 3.63) is 38.3 Å². The molecule has 1 amide bonds. The number of non-ortho nitro benzene ring substituents is 1. The molecule has 1 heterocycles. The van der Waals surface area contributed by atoms with Gasteiger partial charge in [0.2, 0.25) is 0 Å². The minimum absolute atomic E-state index is 0.146. The van der Waals surface area contributed by atoms with Crippen LogP contribution in [0.5, 0.6) is 0 Å². The molecule has 1 N–H and O–H groups in total. The minimum atomic E-state index is -0.541. The molecule has 0 bridgehead atoms. The quantitative estimate of drug-likeness (QED) is 0.653. The normalized spacial score (nSPS) is 22.1. The highest BCUT2D eigenvalue weighted by molar-refractivity contribution is 9.10. The largest absolute Gasteiger partial charge is 0.394 e. The van der Waals surface area contributed by atoms with Gasteiger partial charge in [-0.25, -0.2) is 0 Å². The molecule has 1 aliphatic heterocycles. The highest BCUT2D eigenvalue weighted by Gasteiger charge is 2.30. The standard InChI is InChI=1S/C13H15BrN2O5/c1-8-7-21-12(6-17)5-15(8)13(18)9-2-10(14)4-11(3-9)16(19)20/h2-4,8,12,17H,5-7H2,1H3. The number of aliphatic hydroxyl groups is 1. The number of aliphatic hydroxyl groups excluding tert-OH is 1. The van der Waals surface area contributed by atoms with Crippen molar-refractivity contribution in [2.45, 2.75) is 19.1 Å². The maximum Gasteiger partial charge on any atom is 0.271 e. The molecule has 1 saturated heterocycles. The molecule has 7 nitrogen and oxygen atoms in total. The van der Waals surface area contributed by atoms with E-state index >= 15 is 0 Å². The first-order valence-electron chi connectivity index (χ1n) is 6.40. The van der Waals surface area contributed by atoms with Gasteiger partial charge in [0, 0.05) is 28.7 Å². The van der Waals surface area contributed by atoms with Crippen molar-refractivity contribution in [1.82, 2.24) is 4.90 Å². The van der Waals surface area contributed by atoms with E-state index in [0.29, 0.717) is 11.1 Å². The number of benzene rings is 1. The molecule has 1 aromatic carbocycles. The predicted molar refractivity (Wildman–Crippen MR) is 78.1 cm³/mol. The van der Waals surface area contributed by atoms with Gasteiger partial charge in [-0.15, -0.1) is 0 Å². The molecular formula is C13H15BrN2O5. The van der Waals surface area contributed by atoms with Gasteiger partial charge in [0.25, 0.3) is 11.6 Å². The number of morpholine rings is 1. The first-order chi connectivity index (χ1) is 9.92. The van der Waals surface area contributed by atoms with Crippen LogP contribution in [0.15, 0.2) is 22.7 Å². The van der Waals surface area contributed by atoms with Crippen LogP contribution in [0, 0.1) is 10.1 Å². The summed E-state index contributed by atoms with van der Waals surface area (Å²) in [5.41, 5.74) is 0.0915. The van der Waals surface area contributed by atoms with E-state index in [1.807, 2.05) is 6.92 Å². The van der Waals surface area contributed by atoms with Gasteiger partial charge in [-0.05, 0) is 13.0 Å². The molecule has 0 radical (unpaired) electrons. The Labute approximate surface area is 129 Å². The number of ether oxygens (including phenoxy) is 1. The fraction of sp³-hybridized carbons (Fsp3) is 0.462. The number of hydrogen-bond acceptors (Lipinski definition) is 5. The summed E-state index contributed by atoms with van der Waals surface area (Å²) in [6.07, 6.45) is -0.424. The second-order valence-corrected chi connectivity index (χ2v) is 5.82. The lowest BCUT2D eigenvalue weighted by atomic mass is 10.1. The molecule has 114 valence electrons. The molecule has 1 aromatic rings. The van der Waals surface area contributed by atoms with Crippen molar-refractivity contribution < 1.29 is 19.6 Å². The Morgan fingerprint density at radius 2 is 2.29 bits per heavy atom. The molecule has 8 heteroatoms. The Morgan fingerprint density at radius 1 is 1.57 bits per heavy atom. The molecular weight excluding hydrogens is 344 g/mol. The zero-order valence-electron chi connectivity index (χ0n) is 11.4. The van der Waals surface area contributed by atoms with Crippen LogP contribution < -0.4 is 0 Å². The summed E-state index contributed by atoms with van der Waals surface area (Å²) in [6, 6.07) is 3.99. The number of nitrogens with zero attached hydrogens (tertiary/aromatic N) is 2. The Hall–Kier alpha value is -1.51. The fourth-order valence-corrected chi connectivity index (χ4v) is 2.66. The summed E-state index contributed by atoms with van der Waals surface area (Å²) in [7, 11) is 0. The van der Waals surface area contributed by atoms with Crippen molar-refractivity contribution >= 4 is 27.5 Å². The number of halogens is 1. The van der Waals surface area contributed by atoms with Crippen LogP contribution in [0.4, 0.5) is 5.69 Å². The van der Waals surface area contributed by atoms with Gasteiger partial charge in [0.15, 0.2) is 0 Å². The number of carbonyl (C=O) groups is 1. The van der Waals surface area contributed by atoms with Crippen molar-refractivity contribution in [2.24, 2.45) is 0 Å². The summed E-state index contributed by atoms with van der Waals surface area (Å²) < 4.78 is 5.85.